The minimum atomic E-state index is -0.483. The van der Waals surface area contributed by atoms with Gasteiger partial charge in [-0.3, -0.25) is 0 Å². The van der Waals surface area contributed by atoms with Crippen LogP contribution in [0.4, 0.5) is 4.79 Å². The fraction of sp³-hybridized carbons (Fsp3) is 0.533. The van der Waals surface area contributed by atoms with Crippen LogP contribution in [-0.4, -0.2) is 28.2 Å². The Morgan fingerprint density at radius 2 is 2.16 bits per heavy atom. The van der Waals surface area contributed by atoms with E-state index < -0.39 is 5.60 Å². The summed E-state index contributed by atoms with van der Waals surface area (Å²) in [6.07, 6.45) is 1.58. The molecule has 1 aromatic rings. The van der Waals surface area contributed by atoms with Gasteiger partial charge in [0.1, 0.15) is 11.4 Å². The highest BCUT2D eigenvalue weighted by Gasteiger charge is 2.33. The second-order valence-corrected chi connectivity index (χ2v) is 5.93. The SMILES string of the molecule is CC(C)(C)OC(=O)N1CCC[C@H]1c1cccc(O)c1. The molecule has 0 saturated carbocycles. The van der Waals surface area contributed by atoms with Crippen molar-refractivity contribution in [2.45, 2.75) is 45.3 Å². The molecule has 1 aliphatic rings. The summed E-state index contributed by atoms with van der Waals surface area (Å²) in [5.41, 5.74) is 0.478. The Labute approximate surface area is 114 Å². The predicted octanol–water partition coefficient (Wildman–Crippen LogP) is 3.46. The van der Waals surface area contributed by atoms with E-state index in [0.717, 1.165) is 18.4 Å². The van der Waals surface area contributed by atoms with Gasteiger partial charge in [0, 0.05) is 6.54 Å². The van der Waals surface area contributed by atoms with E-state index in [2.05, 4.69) is 0 Å². The van der Waals surface area contributed by atoms with Gasteiger partial charge in [-0.15, -0.1) is 0 Å². The summed E-state index contributed by atoms with van der Waals surface area (Å²) in [4.78, 5) is 13.9. The van der Waals surface area contributed by atoms with Gasteiger partial charge in [0.25, 0.3) is 0 Å². The van der Waals surface area contributed by atoms with Gasteiger partial charge in [0.05, 0.1) is 6.04 Å². The molecule has 0 radical (unpaired) electrons. The van der Waals surface area contributed by atoms with Crippen LogP contribution in [0.25, 0.3) is 0 Å². The molecule has 1 aliphatic heterocycles. The number of phenolic OH excluding ortho intramolecular Hbond substituents is 1. The van der Waals surface area contributed by atoms with E-state index in [0.29, 0.717) is 6.54 Å². The van der Waals surface area contributed by atoms with Crippen molar-refractivity contribution in [2.75, 3.05) is 6.54 Å². The number of carbonyl (C=O) groups excluding carboxylic acids is 1. The van der Waals surface area contributed by atoms with Gasteiger partial charge in [0.15, 0.2) is 0 Å². The molecule has 1 heterocycles. The van der Waals surface area contributed by atoms with E-state index in [9.17, 15) is 9.90 Å². The number of rotatable bonds is 1. The average Bonchev–Trinajstić information content (AvgIpc) is 2.75. The second kappa shape index (κ2) is 5.11. The van der Waals surface area contributed by atoms with E-state index in [-0.39, 0.29) is 17.9 Å². The Balaban J connectivity index is 2.15. The molecule has 0 aliphatic carbocycles. The van der Waals surface area contributed by atoms with Crippen LogP contribution in [0, 0.1) is 0 Å². The monoisotopic (exact) mass is 263 g/mol. The summed E-state index contributed by atoms with van der Waals surface area (Å²) in [6.45, 7) is 6.30. The maximum Gasteiger partial charge on any atom is 0.410 e. The zero-order valence-electron chi connectivity index (χ0n) is 11.7. The number of carbonyl (C=O) groups is 1. The van der Waals surface area contributed by atoms with Crippen molar-refractivity contribution in [1.29, 1.82) is 0 Å². The van der Waals surface area contributed by atoms with Crippen molar-refractivity contribution in [3.05, 3.63) is 29.8 Å². The molecule has 4 heteroatoms. The molecule has 1 atom stereocenters. The van der Waals surface area contributed by atoms with E-state index in [4.69, 9.17) is 4.74 Å². The van der Waals surface area contributed by atoms with Gasteiger partial charge >= 0.3 is 6.09 Å². The normalized spacial score (nSPS) is 19.5. The smallest absolute Gasteiger partial charge is 0.410 e. The Hall–Kier alpha value is -1.71. The van der Waals surface area contributed by atoms with Gasteiger partial charge in [-0.1, -0.05) is 12.1 Å². The third-order valence-corrected chi connectivity index (χ3v) is 3.14. The summed E-state index contributed by atoms with van der Waals surface area (Å²) in [5.74, 6) is 0.230. The molecule has 1 N–H and O–H groups in total. The maximum atomic E-state index is 12.2. The Morgan fingerprint density at radius 3 is 2.79 bits per heavy atom. The zero-order valence-corrected chi connectivity index (χ0v) is 11.7. The number of aromatic hydroxyl groups is 1. The molecule has 4 nitrogen and oxygen atoms in total. The lowest BCUT2D eigenvalue weighted by Gasteiger charge is -2.28. The van der Waals surface area contributed by atoms with Crippen LogP contribution in [-0.2, 0) is 4.74 Å². The van der Waals surface area contributed by atoms with Gasteiger partial charge in [-0.25, -0.2) is 4.79 Å². The zero-order chi connectivity index (χ0) is 14.0. The molecule has 1 amide bonds. The quantitative estimate of drug-likeness (QED) is 0.844. The highest BCUT2D eigenvalue weighted by Crippen LogP contribution is 2.34. The molecule has 1 saturated heterocycles. The molecule has 1 fully saturated rings. The number of ether oxygens (including phenoxy) is 1. The molecule has 0 aromatic heterocycles. The van der Waals surface area contributed by atoms with Crippen molar-refractivity contribution in [3.8, 4) is 5.75 Å². The van der Waals surface area contributed by atoms with Gasteiger partial charge < -0.3 is 14.7 Å². The fourth-order valence-electron chi connectivity index (χ4n) is 2.38. The van der Waals surface area contributed by atoms with Crippen molar-refractivity contribution in [1.82, 2.24) is 4.90 Å². The Kier molecular flexibility index (Phi) is 3.69. The van der Waals surface area contributed by atoms with Crippen LogP contribution < -0.4 is 0 Å². The van der Waals surface area contributed by atoms with Crippen LogP contribution >= 0.6 is 0 Å². The number of amides is 1. The van der Waals surface area contributed by atoms with Crippen molar-refractivity contribution < 1.29 is 14.6 Å². The van der Waals surface area contributed by atoms with Gasteiger partial charge in [-0.05, 0) is 51.3 Å². The molecule has 104 valence electrons. The first-order valence-electron chi connectivity index (χ1n) is 6.65. The fourth-order valence-corrected chi connectivity index (χ4v) is 2.38. The first-order valence-corrected chi connectivity index (χ1v) is 6.65. The topological polar surface area (TPSA) is 49.8 Å². The van der Waals surface area contributed by atoms with E-state index >= 15 is 0 Å². The van der Waals surface area contributed by atoms with Crippen LogP contribution in [0.3, 0.4) is 0 Å². The van der Waals surface area contributed by atoms with Crippen molar-refractivity contribution >= 4 is 6.09 Å². The summed E-state index contributed by atoms with van der Waals surface area (Å²) in [5, 5.41) is 9.55. The van der Waals surface area contributed by atoms with Crippen LogP contribution in [0.1, 0.15) is 45.2 Å². The Morgan fingerprint density at radius 1 is 1.42 bits per heavy atom. The van der Waals surface area contributed by atoms with Gasteiger partial charge in [-0.2, -0.15) is 0 Å². The number of hydrogen-bond acceptors (Lipinski definition) is 3. The molecule has 2 rings (SSSR count). The molecule has 0 unspecified atom stereocenters. The minimum absolute atomic E-state index is 0.00181. The number of likely N-dealkylation sites (tertiary alicyclic amines) is 1. The summed E-state index contributed by atoms with van der Waals surface area (Å²) in [6, 6.07) is 7.09. The molecule has 1 aromatic carbocycles. The summed E-state index contributed by atoms with van der Waals surface area (Å²) in [7, 11) is 0. The third-order valence-electron chi connectivity index (χ3n) is 3.14. The van der Waals surface area contributed by atoms with Crippen LogP contribution in [0.2, 0.25) is 0 Å². The number of hydrogen-bond donors (Lipinski definition) is 1. The average molecular weight is 263 g/mol. The summed E-state index contributed by atoms with van der Waals surface area (Å²) >= 11 is 0. The van der Waals surface area contributed by atoms with E-state index in [1.807, 2.05) is 26.8 Å². The first kappa shape index (κ1) is 13.7. The Bertz CT molecular complexity index is 465. The maximum absolute atomic E-state index is 12.2. The molecular weight excluding hydrogens is 242 g/mol. The number of phenols is 1. The number of nitrogens with zero attached hydrogens (tertiary/aromatic N) is 1. The van der Waals surface area contributed by atoms with Crippen molar-refractivity contribution in [3.63, 3.8) is 0 Å². The predicted molar refractivity (Wildman–Crippen MR) is 73.0 cm³/mol. The lowest BCUT2D eigenvalue weighted by molar-refractivity contribution is 0.0224. The highest BCUT2D eigenvalue weighted by molar-refractivity contribution is 5.69. The minimum Gasteiger partial charge on any atom is -0.508 e. The summed E-state index contributed by atoms with van der Waals surface area (Å²) < 4.78 is 5.43. The molecule has 0 bridgehead atoms. The number of benzene rings is 1. The van der Waals surface area contributed by atoms with Crippen molar-refractivity contribution in [2.24, 2.45) is 0 Å². The van der Waals surface area contributed by atoms with E-state index in [1.165, 1.54) is 0 Å². The lowest BCUT2D eigenvalue weighted by atomic mass is 10.0. The second-order valence-electron chi connectivity index (χ2n) is 5.93. The molecule has 19 heavy (non-hydrogen) atoms. The third kappa shape index (κ3) is 3.40. The highest BCUT2D eigenvalue weighted by atomic mass is 16.6. The molecular formula is C15H21NO3. The largest absolute Gasteiger partial charge is 0.508 e. The van der Waals surface area contributed by atoms with Crippen LogP contribution in [0.15, 0.2) is 24.3 Å². The first-order chi connectivity index (χ1) is 8.87. The van der Waals surface area contributed by atoms with E-state index in [1.54, 1.807) is 23.1 Å². The standard InChI is InChI=1S/C15H21NO3/c1-15(2,3)19-14(18)16-9-5-8-13(16)11-6-4-7-12(17)10-11/h4,6-7,10,13,17H,5,8-9H2,1-3H3/t13-/m0/s1. The van der Waals surface area contributed by atoms with Gasteiger partial charge in [0.2, 0.25) is 0 Å². The van der Waals surface area contributed by atoms with Crippen LogP contribution in [0.5, 0.6) is 5.75 Å². The lowest BCUT2D eigenvalue weighted by Crippen LogP contribution is -2.36. The molecule has 0 spiro atoms.